The Morgan fingerprint density at radius 3 is 1.26 bits per heavy atom. The number of aliphatic hydroxyl groups excluding tert-OH is 7. The fourth-order valence-corrected chi connectivity index (χ4v) is 9.69. The number of unbranched alkanes of at least 4 members (excludes halogenated alkanes) is 33. The van der Waals surface area contributed by atoms with E-state index in [4.69, 9.17) is 28.4 Å². The number of hydrogen-bond acceptors (Lipinski definition) is 14. The first-order chi connectivity index (χ1) is 35.1. The van der Waals surface area contributed by atoms with Gasteiger partial charge in [0.05, 0.1) is 26.4 Å². The van der Waals surface area contributed by atoms with Gasteiger partial charge in [0, 0.05) is 13.0 Å². The first-order valence-corrected chi connectivity index (χ1v) is 29.8. The van der Waals surface area contributed by atoms with Gasteiger partial charge in [-0.05, 0) is 38.5 Å². The Hall–Kier alpha value is -1.27. The summed E-state index contributed by atoms with van der Waals surface area (Å²) in [6, 6.07) is 0. The van der Waals surface area contributed by atoms with Crippen molar-refractivity contribution in [3.63, 3.8) is 0 Å². The molecule has 72 heavy (non-hydrogen) atoms. The van der Waals surface area contributed by atoms with Crippen molar-refractivity contribution < 1.29 is 69.0 Å². The second-order valence-electron chi connectivity index (χ2n) is 21.2. The molecule has 0 aromatic heterocycles. The summed E-state index contributed by atoms with van der Waals surface area (Å²) in [6.45, 7) is 3.73. The molecular weight excluding hydrogens is 921 g/mol. The Kier molecular flexibility index (Phi) is 42.6. The fourth-order valence-electron chi connectivity index (χ4n) is 9.69. The molecule has 0 aliphatic carbocycles. The molecule has 0 aromatic rings. The van der Waals surface area contributed by atoms with Crippen LogP contribution >= 0.6 is 0 Å². The van der Waals surface area contributed by atoms with Gasteiger partial charge in [-0.3, -0.25) is 4.79 Å². The molecule has 14 nitrogen and oxygen atoms in total. The lowest BCUT2D eigenvalue weighted by Crippen LogP contribution is -2.61. The molecule has 2 rings (SSSR count). The Balaban J connectivity index is 1.69. The minimum Gasteiger partial charge on any atom is -0.457 e. The lowest BCUT2D eigenvalue weighted by Gasteiger charge is -2.42. The first-order valence-electron chi connectivity index (χ1n) is 29.8. The molecule has 11 unspecified atom stereocenters. The molecule has 7 N–H and O–H groups in total. The van der Waals surface area contributed by atoms with E-state index in [1.807, 2.05) is 0 Å². The summed E-state index contributed by atoms with van der Waals surface area (Å²) in [5.41, 5.74) is 0. The summed E-state index contributed by atoms with van der Waals surface area (Å²) in [7, 11) is 0. The molecule has 426 valence electrons. The van der Waals surface area contributed by atoms with Crippen LogP contribution in [0.5, 0.6) is 0 Å². The first kappa shape index (κ1) is 66.8. The van der Waals surface area contributed by atoms with Crippen LogP contribution in [0.25, 0.3) is 0 Å². The molecule has 2 aliphatic rings. The number of esters is 1. The zero-order chi connectivity index (χ0) is 52.3. The summed E-state index contributed by atoms with van der Waals surface area (Å²) in [4.78, 5) is 13.1. The smallest absolute Gasteiger partial charge is 0.306 e. The van der Waals surface area contributed by atoms with Crippen molar-refractivity contribution in [2.45, 2.75) is 319 Å². The largest absolute Gasteiger partial charge is 0.457 e. The van der Waals surface area contributed by atoms with Crippen LogP contribution < -0.4 is 0 Å². The molecule has 0 spiro atoms. The molecule has 0 amide bonds. The number of carbonyl (C=O) groups excluding carboxylic acids is 1. The zero-order valence-electron chi connectivity index (χ0n) is 45.7. The molecule has 2 fully saturated rings. The third-order valence-electron chi connectivity index (χ3n) is 14.5. The molecule has 0 radical (unpaired) electrons. The van der Waals surface area contributed by atoms with Gasteiger partial charge in [-0.1, -0.05) is 219 Å². The topological polar surface area (TPSA) is 214 Å². The summed E-state index contributed by atoms with van der Waals surface area (Å²) < 4.78 is 34.4. The molecule has 0 saturated carbocycles. The number of carbonyl (C=O) groups is 1. The maximum Gasteiger partial charge on any atom is 0.306 e. The van der Waals surface area contributed by atoms with Gasteiger partial charge in [-0.25, -0.2) is 0 Å². The number of ether oxygens (including phenoxy) is 6. The third-order valence-corrected chi connectivity index (χ3v) is 14.5. The Morgan fingerprint density at radius 1 is 0.444 bits per heavy atom. The lowest BCUT2D eigenvalue weighted by molar-refractivity contribution is -0.332. The van der Waals surface area contributed by atoms with E-state index >= 15 is 0 Å². The fraction of sp³-hybridized carbons (Fsp3) is 0.948. The van der Waals surface area contributed by atoms with E-state index in [1.54, 1.807) is 0 Å². The molecule has 2 heterocycles. The van der Waals surface area contributed by atoms with Crippen LogP contribution in [0.2, 0.25) is 0 Å². The molecule has 14 heteroatoms. The highest BCUT2D eigenvalue weighted by atomic mass is 16.7. The van der Waals surface area contributed by atoms with E-state index in [-0.39, 0.29) is 25.6 Å². The van der Waals surface area contributed by atoms with E-state index in [2.05, 4.69) is 26.0 Å². The highest BCUT2D eigenvalue weighted by Gasteiger charge is 2.47. The average molecular weight is 1030 g/mol. The van der Waals surface area contributed by atoms with Gasteiger partial charge in [-0.15, -0.1) is 0 Å². The quantitative estimate of drug-likeness (QED) is 0.0172. The zero-order valence-corrected chi connectivity index (χ0v) is 45.7. The van der Waals surface area contributed by atoms with Crippen LogP contribution in [0.4, 0.5) is 0 Å². The molecule has 0 bridgehead atoms. The van der Waals surface area contributed by atoms with Gasteiger partial charge < -0.3 is 64.2 Å². The van der Waals surface area contributed by atoms with E-state index in [1.165, 1.54) is 167 Å². The normalized spacial score (nSPS) is 25.1. The monoisotopic (exact) mass is 1030 g/mol. The minimum absolute atomic E-state index is 0.0646. The van der Waals surface area contributed by atoms with Crippen LogP contribution in [-0.2, 0) is 33.2 Å². The second-order valence-corrected chi connectivity index (χ2v) is 21.2. The predicted molar refractivity (Wildman–Crippen MR) is 284 cm³/mol. The Labute approximate surface area is 437 Å². The Bertz CT molecular complexity index is 1240. The van der Waals surface area contributed by atoms with Gasteiger partial charge in [0.25, 0.3) is 0 Å². The summed E-state index contributed by atoms with van der Waals surface area (Å²) in [5, 5.41) is 72.3. The highest BCUT2D eigenvalue weighted by Crippen LogP contribution is 2.27. The van der Waals surface area contributed by atoms with Crippen molar-refractivity contribution in [3.05, 3.63) is 12.2 Å². The van der Waals surface area contributed by atoms with Crippen LogP contribution in [0.3, 0.4) is 0 Å². The van der Waals surface area contributed by atoms with Crippen molar-refractivity contribution in [3.8, 4) is 0 Å². The van der Waals surface area contributed by atoms with Crippen molar-refractivity contribution in [2.75, 3.05) is 33.0 Å². The molecule has 0 aromatic carbocycles. The Morgan fingerprint density at radius 2 is 0.819 bits per heavy atom. The van der Waals surface area contributed by atoms with Crippen LogP contribution in [0, 0.1) is 0 Å². The van der Waals surface area contributed by atoms with E-state index in [0.717, 1.165) is 57.8 Å². The maximum atomic E-state index is 13.1. The van der Waals surface area contributed by atoms with E-state index in [9.17, 15) is 40.5 Å². The highest BCUT2D eigenvalue weighted by molar-refractivity contribution is 5.69. The van der Waals surface area contributed by atoms with Crippen LogP contribution in [-0.4, -0.2) is 142 Å². The molecule has 2 saturated heterocycles. The van der Waals surface area contributed by atoms with E-state index < -0.39 is 80.7 Å². The number of hydrogen-bond donors (Lipinski definition) is 7. The van der Waals surface area contributed by atoms with Gasteiger partial charge >= 0.3 is 5.97 Å². The minimum atomic E-state index is -1.70. The lowest BCUT2D eigenvalue weighted by atomic mass is 9.98. The molecular formula is C58H110O14. The third kappa shape index (κ3) is 32.3. The van der Waals surface area contributed by atoms with E-state index in [0.29, 0.717) is 13.0 Å². The molecule has 11 atom stereocenters. The van der Waals surface area contributed by atoms with Crippen LogP contribution in [0.15, 0.2) is 12.2 Å². The SMILES string of the molecule is CCCCCCCCC/C=C\CCCCCCCC(=O)OC(COCCCCCCCCCCCCCCCCCCCCCCCC)COC1OC(COC2OC(CO)C(O)C(O)C2O)C(O)C(O)C1O. The number of rotatable bonds is 49. The second kappa shape index (κ2) is 45.9. The summed E-state index contributed by atoms with van der Waals surface area (Å²) in [6.07, 6.45) is 34.2. The number of aliphatic hydroxyl groups is 7. The maximum absolute atomic E-state index is 13.1. The number of allylic oxidation sites excluding steroid dienone is 2. The van der Waals surface area contributed by atoms with Gasteiger partial charge in [0.1, 0.15) is 54.9 Å². The molecule has 2 aliphatic heterocycles. The van der Waals surface area contributed by atoms with Crippen molar-refractivity contribution >= 4 is 5.97 Å². The average Bonchev–Trinajstić information content (AvgIpc) is 3.38. The van der Waals surface area contributed by atoms with Gasteiger partial charge in [0.2, 0.25) is 0 Å². The summed E-state index contributed by atoms with van der Waals surface area (Å²) in [5.74, 6) is -0.379. The van der Waals surface area contributed by atoms with Gasteiger partial charge in [0.15, 0.2) is 12.6 Å². The van der Waals surface area contributed by atoms with Crippen molar-refractivity contribution in [1.29, 1.82) is 0 Å². The van der Waals surface area contributed by atoms with Crippen molar-refractivity contribution in [1.82, 2.24) is 0 Å². The summed E-state index contributed by atoms with van der Waals surface area (Å²) >= 11 is 0. The standard InChI is InChI=1S/C58H110O14/c1-3-5-7-9-11-13-15-17-19-21-22-23-24-25-26-28-30-32-34-36-38-40-42-67-44-47(70-50(60)41-39-37-35-33-31-29-27-20-18-16-14-12-10-8-6-4-2)45-68-57-56(66)54(64)52(62)49(72-57)46-69-58-55(65)53(63)51(61)48(43-59)71-58/h20,27,47-49,51-59,61-66H,3-19,21-26,28-46H2,1-2H3/b27-20-. The predicted octanol–water partition coefficient (Wildman–Crippen LogP) is 10.6. The van der Waals surface area contributed by atoms with Gasteiger partial charge in [-0.2, -0.15) is 0 Å². The van der Waals surface area contributed by atoms with Crippen molar-refractivity contribution in [2.24, 2.45) is 0 Å². The van der Waals surface area contributed by atoms with Crippen LogP contribution in [0.1, 0.15) is 251 Å².